The van der Waals surface area contributed by atoms with Crippen molar-refractivity contribution in [3.05, 3.63) is 243 Å². The van der Waals surface area contributed by atoms with Crippen LogP contribution in [0.3, 0.4) is 0 Å². The van der Waals surface area contributed by atoms with Crippen molar-refractivity contribution in [3.63, 3.8) is 0 Å². The summed E-state index contributed by atoms with van der Waals surface area (Å²) in [4.78, 5) is 0. The third kappa shape index (κ3) is 5.59. The van der Waals surface area contributed by atoms with Crippen molar-refractivity contribution in [2.24, 2.45) is 0 Å². The van der Waals surface area contributed by atoms with Gasteiger partial charge >= 0.3 is 0 Å². The Morgan fingerprint density at radius 3 is 0.621 bits per heavy atom. The molecule has 0 aromatic heterocycles. The van der Waals surface area contributed by atoms with E-state index in [2.05, 4.69) is 243 Å². The molecule has 0 bridgehead atoms. The maximum atomic E-state index is 2.43. The van der Waals surface area contributed by atoms with Crippen molar-refractivity contribution in [3.8, 4) is 44.5 Å². The lowest BCUT2D eigenvalue weighted by Gasteiger charge is -2.17. The largest absolute Gasteiger partial charge is 0.0616 e. The van der Waals surface area contributed by atoms with E-state index in [1.807, 2.05) is 0 Å². The number of hydrogen-bond acceptors (Lipinski definition) is 0. The molecule has 0 aliphatic rings. The van der Waals surface area contributed by atoms with Crippen LogP contribution in [0.1, 0.15) is 0 Å². The molecule has 0 aliphatic heterocycles. The van der Waals surface area contributed by atoms with Gasteiger partial charge < -0.3 is 0 Å². The number of rotatable bonds is 4. The Morgan fingerprint density at radius 1 is 0.121 bits per heavy atom. The van der Waals surface area contributed by atoms with E-state index in [4.69, 9.17) is 0 Å². The average molecular weight is 833 g/mol. The Hall–Kier alpha value is -8.58. The van der Waals surface area contributed by atoms with E-state index in [9.17, 15) is 0 Å². The van der Waals surface area contributed by atoms with Crippen LogP contribution in [0.2, 0.25) is 0 Å². The standard InChI is InChI=1S/C66H40/c1-3-17-51-47(13-1)49-15-5-9-21-55(49)63-37-45(33-35-59(51)63)41-25-29-43(30-26-41)61-39-65-58-24-12-8-20-54(58)62(40-66(65)57-23-11-7-19-53(57)61)44-31-27-42(28-32-44)46-34-36-60-52-18-4-2-14-48(52)50-16-6-10-22-56(50)64(60)38-46/h1-40H. The molecule has 0 heterocycles. The molecular weight excluding hydrogens is 793 g/mol. The molecule has 0 radical (unpaired) electrons. The smallest absolute Gasteiger partial charge is 0.00923 e. The van der Waals surface area contributed by atoms with Crippen LogP contribution in [0.4, 0.5) is 0 Å². The van der Waals surface area contributed by atoms with Crippen LogP contribution in [-0.4, -0.2) is 0 Å². The van der Waals surface area contributed by atoms with Gasteiger partial charge in [-0.15, -0.1) is 0 Å². The summed E-state index contributed by atoms with van der Waals surface area (Å²) < 4.78 is 0. The first kappa shape index (κ1) is 36.9. The van der Waals surface area contributed by atoms with Crippen molar-refractivity contribution >= 4 is 97.0 Å². The van der Waals surface area contributed by atoms with Crippen LogP contribution in [0.25, 0.3) is 141 Å². The van der Waals surface area contributed by atoms with Gasteiger partial charge in [-0.2, -0.15) is 0 Å². The summed E-state index contributed by atoms with van der Waals surface area (Å²) in [6.45, 7) is 0. The van der Waals surface area contributed by atoms with Gasteiger partial charge in [0.2, 0.25) is 0 Å². The summed E-state index contributed by atoms with van der Waals surface area (Å²) in [7, 11) is 0. The Labute approximate surface area is 382 Å². The van der Waals surface area contributed by atoms with E-state index in [0.717, 1.165) is 0 Å². The molecule has 66 heavy (non-hydrogen) atoms. The summed E-state index contributed by atoms with van der Waals surface area (Å²) in [5, 5.41) is 23.2. The molecule has 0 nitrogen and oxygen atoms in total. The molecular formula is C66H40. The minimum absolute atomic E-state index is 1.21. The molecule has 0 aliphatic carbocycles. The van der Waals surface area contributed by atoms with E-state index in [1.165, 1.54) is 141 Å². The average Bonchev–Trinajstić information content (AvgIpc) is 3.40. The Bertz CT molecular complexity index is 3950. The van der Waals surface area contributed by atoms with Crippen LogP contribution in [-0.2, 0) is 0 Å². The van der Waals surface area contributed by atoms with Crippen molar-refractivity contribution in [1.82, 2.24) is 0 Å². The molecule has 14 aromatic carbocycles. The fraction of sp³-hybridized carbons (Fsp3) is 0. The van der Waals surface area contributed by atoms with Gasteiger partial charge in [-0.05, 0) is 166 Å². The first-order valence-electron chi connectivity index (χ1n) is 23.0. The van der Waals surface area contributed by atoms with Crippen LogP contribution < -0.4 is 0 Å². The van der Waals surface area contributed by atoms with Crippen molar-refractivity contribution in [2.75, 3.05) is 0 Å². The zero-order chi connectivity index (χ0) is 43.3. The third-order valence-corrected chi connectivity index (χ3v) is 14.4. The molecule has 14 aromatic rings. The molecule has 0 amide bonds. The van der Waals surface area contributed by atoms with Crippen LogP contribution in [0, 0.1) is 0 Å². The monoisotopic (exact) mass is 832 g/mol. The fourth-order valence-corrected chi connectivity index (χ4v) is 11.3. The minimum atomic E-state index is 1.21. The second kappa shape index (κ2) is 14.5. The van der Waals surface area contributed by atoms with Gasteiger partial charge in [-0.25, -0.2) is 0 Å². The third-order valence-electron chi connectivity index (χ3n) is 14.4. The van der Waals surface area contributed by atoms with Gasteiger partial charge in [-0.1, -0.05) is 218 Å². The number of benzene rings is 14. The molecule has 0 N–H and O–H groups in total. The topological polar surface area (TPSA) is 0 Å². The van der Waals surface area contributed by atoms with Crippen LogP contribution in [0.15, 0.2) is 243 Å². The predicted octanol–water partition coefficient (Wildman–Crippen LogP) is 18.7. The molecule has 0 saturated heterocycles. The highest BCUT2D eigenvalue weighted by molar-refractivity contribution is 6.28. The zero-order valence-corrected chi connectivity index (χ0v) is 36.1. The van der Waals surface area contributed by atoms with Crippen molar-refractivity contribution in [1.29, 1.82) is 0 Å². The summed E-state index contributed by atoms with van der Waals surface area (Å²) >= 11 is 0. The second-order valence-corrected chi connectivity index (χ2v) is 17.9. The lowest BCUT2D eigenvalue weighted by molar-refractivity contribution is 1.63. The molecule has 0 spiro atoms. The zero-order valence-electron chi connectivity index (χ0n) is 36.1. The molecule has 0 heteroatoms. The first-order valence-corrected chi connectivity index (χ1v) is 23.0. The van der Waals surface area contributed by atoms with Crippen molar-refractivity contribution in [2.45, 2.75) is 0 Å². The van der Waals surface area contributed by atoms with Gasteiger partial charge in [0.1, 0.15) is 0 Å². The first-order chi connectivity index (χ1) is 32.7. The van der Waals surface area contributed by atoms with E-state index in [1.54, 1.807) is 0 Å². The Balaban J connectivity index is 0.862. The lowest BCUT2D eigenvalue weighted by atomic mass is 9.87. The molecule has 0 atom stereocenters. The van der Waals surface area contributed by atoms with E-state index >= 15 is 0 Å². The number of hydrogen-bond donors (Lipinski definition) is 0. The van der Waals surface area contributed by atoms with Crippen molar-refractivity contribution < 1.29 is 0 Å². The Morgan fingerprint density at radius 2 is 0.318 bits per heavy atom. The summed E-state index contributed by atoms with van der Waals surface area (Å²) in [6, 6.07) is 90.4. The Kier molecular flexibility index (Phi) is 8.08. The number of fused-ring (bicyclic) bond motifs is 17. The lowest BCUT2D eigenvalue weighted by Crippen LogP contribution is -1.89. The summed E-state index contributed by atoms with van der Waals surface area (Å²) in [5.41, 5.74) is 9.81. The normalized spacial score (nSPS) is 11.9. The maximum Gasteiger partial charge on any atom is -0.00923 e. The van der Waals surface area contributed by atoms with Crippen LogP contribution in [0.5, 0.6) is 0 Å². The van der Waals surface area contributed by atoms with Gasteiger partial charge in [0, 0.05) is 0 Å². The predicted molar refractivity (Wildman–Crippen MR) is 286 cm³/mol. The summed E-state index contributed by atoms with van der Waals surface area (Å²) in [6.07, 6.45) is 0. The van der Waals surface area contributed by atoms with E-state index in [0.29, 0.717) is 0 Å². The van der Waals surface area contributed by atoms with E-state index < -0.39 is 0 Å². The molecule has 0 saturated carbocycles. The van der Waals surface area contributed by atoms with Crippen LogP contribution >= 0.6 is 0 Å². The van der Waals surface area contributed by atoms with Gasteiger partial charge in [0.25, 0.3) is 0 Å². The quantitative estimate of drug-likeness (QED) is 0.155. The molecule has 0 fully saturated rings. The molecule has 0 unspecified atom stereocenters. The highest BCUT2D eigenvalue weighted by atomic mass is 14.2. The SMILES string of the molecule is c1ccc2c(c1)c(-c1ccc(-c3ccc4c5ccccc5c5ccccc5c4c3)cc1)cc1c3ccccc3c(-c3ccc(-c4ccc5c6ccccc6c6ccccc6c5c4)cc3)cc21. The highest BCUT2D eigenvalue weighted by Gasteiger charge is 2.16. The fourth-order valence-electron chi connectivity index (χ4n) is 11.3. The summed E-state index contributed by atoms with van der Waals surface area (Å²) in [5.74, 6) is 0. The van der Waals surface area contributed by atoms with E-state index in [-0.39, 0.29) is 0 Å². The van der Waals surface area contributed by atoms with Gasteiger partial charge in [0.15, 0.2) is 0 Å². The maximum absolute atomic E-state index is 2.43. The van der Waals surface area contributed by atoms with Gasteiger partial charge in [-0.3, -0.25) is 0 Å². The second-order valence-electron chi connectivity index (χ2n) is 17.9. The molecule has 304 valence electrons. The minimum Gasteiger partial charge on any atom is -0.0616 e. The highest BCUT2D eigenvalue weighted by Crippen LogP contribution is 2.44. The van der Waals surface area contributed by atoms with Gasteiger partial charge in [0.05, 0.1) is 0 Å². The molecule has 14 rings (SSSR count).